The summed E-state index contributed by atoms with van der Waals surface area (Å²) in [7, 11) is 1.61. The van der Waals surface area contributed by atoms with Crippen LogP contribution in [0.1, 0.15) is 26.2 Å². The second-order valence-corrected chi connectivity index (χ2v) is 4.69. The predicted octanol–water partition coefficient (Wildman–Crippen LogP) is 2.03. The van der Waals surface area contributed by atoms with Gasteiger partial charge in [0, 0.05) is 13.1 Å². The van der Waals surface area contributed by atoms with Gasteiger partial charge in [-0.1, -0.05) is 6.92 Å². The first-order chi connectivity index (χ1) is 8.61. The highest BCUT2D eigenvalue weighted by Crippen LogP contribution is 2.32. The Morgan fingerprint density at radius 2 is 2.11 bits per heavy atom. The number of aromatic nitrogens is 2. The largest absolute Gasteiger partial charge is 0.367 e. The van der Waals surface area contributed by atoms with Crippen molar-refractivity contribution < 1.29 is 4.92 Å². The summed E-state index contributed by atoms with van der Waals surface area (Å²) in [6.45, 7) is 2.19. The van der Waals surface area contributed by atoms with Gasteiger partial charge < -0.3 is 10.6 Å². The molecule has 0 spiro atoms. The highest BCUT2D eigenvalue weighted by Gasteiger charge is 2.27. The van der Waals surface area contributed by atoms with E-state index in [1.807, 2.05) is 0 Å². The summed E-state index contributed by atoms with van der Waals surface area (Å²) in [5.74, 6) is 1.20. The third-order valence-electron chi connectivity index (χ3n) is 3.28. The summed E-state index contributed by atoms with van der Waals surface area (Å²) in [6.07, 6.45) is 4.53. The molecule has 0 radical (unpaired) electrons. The van der Waals surface area contributed by atoms with Gasteiger partial charge in [0.1, 0.15) is 6.33 Å². The van der Waals surface area contributed by atoms with Crippen LogP contribution in [-0.4, -0.2) is 28.0 Å². The van der Waals surface area contributed by atoms with Gasteiger partial charge in [-0.05, 0) is 25.2 Å². The number of anilines is 2. The zero-order chi connectivity index (χ0) is 13.1. The molecule has 2 N–H and O–H groups in total. The minimum atomic E-state index is -0.452. The molecule has 1 aromatic rings. The Morgan fingerprint density at radius 3 is 2.67 bits per heavy atom. The van der Waals surface area contributed by atoms with Crippen LogP contribution in [0.2, 0.25) is 0 Å². The standard InChI is InChI=1S/C11H17N5O2/c1-7-3-4-8(5-7)15-11-9(16(17)18)10(12-2)13-6-14-11/h6-8H,3-5H2,1-2H3,(H2,12,13,14,15). The van der Waals surface area contributed by atoms with Gasteiger partial charge in [0.25, 0.3) is 0 Å². The quantitative estimate of drug-likeness (QED) is 0.628. The fraction of sp³-hybridized carbons (Fsp3) is 0.636. The molecule has 2 atom stereocenters. The number of rotatable bonds is 4. The molecule has 1 fully saturated rings. The Labute approximate surface area is 105 Å². The molecule has 2 rings (SSSR count). The van der Waals surface area contributed by atoms with E-state index in [2.05, 4.69) is 27.5 Å². The van der Waals surface area contributed by atoms with Crippen molar-refractivity contribution in [3.63, 3.8) is 0 Å². The highest BCUT2D eigenvalue weighted by molar-refractivity contribution is 5.69. The van der Waals surface area contributed by atoms with Crippen molar-refractivity contribution in [2.24, 2.45) is 5.92 Å². The SMILES string of the molecule is CNc1ncnc(NC2CCC(C)C2)c1[N+](=O)[O-]. The van der Waals surface area contributed by atoms with Crippen molar-refractivity contribution in [2.75, 3.05) is 17.7 Å². The Balaban J connectivity index is 2.24. The van der Waals surface area contributed by atoms with E-state index in [1.54, 1.807) is 7.05 Å². The first-order valence-corrected chi connectivity index (χ1v) is 6.05. The van der Waals surface area contributed by atoms with Crippen molar-refractivity contribution in [3.8, 4) is 0 Å². The molecular weight excluding hydrogens is 234 g/mol. The van der Waals surface area contributed by atoms with E-state index in [1.165, 1.54) is 6.33 Å². The van der Waals surface area contributed by atoms with Crippen LogP contribution in [0.4, 0.5) is 17.3 Å². The lowest BCUT2D eigenvalue weighted by molar-refractivity contribution is -0.383. The molecular formula is C11H17N5O2. The third-order valence-corrected chi connectivity index (χ3v) is 3.28. The number of hydrogen-bond donors (Lipinski definition) is 2. The summed E-state index contributed by atoms with van der Waals surface area (Å²) in [5.41, 5.74) is -0.0837. The monoisotopic (exact) mass is 251 g/mol. The number of nitro groups is 1. The van der Waals surface area contributed by atoms with Gasteiger partial charge in [-0.3, -0.25) is 10.1 Å². The van der Waals surface area contributed by atoms with Crippen molar-refractivity contribution in [1.82, 2.24) is 9.97 Å². The van der Waals surface area contributed by atoms with Crippen LogP contribution in [0.5, 0.6) is 0 Å². The van der Waals surface area contributed by atoms with Crippen LogP contribution in [0.15, 0.2) is 6.33 Å². The van der Waals surface area contributed by atoms with E-state index < -0.39 is 4.92 Å². The molecule has 1 aliphatic carbocycles. The van der Waals surface area contributed by atoms with E-state index in [0.717, 1.165) is 19.3 Å². The van der Waals surface area contributed by atoms with Crippen molar-refractivity contribution in [2.45, 2.75) is 32.2 Å². The molecule has 0 saturated heterocycles. The van der Waals surface area contributed by atoms with Gasteiger partial charge >= 0.3 is 5.69 Å². The van der Waals surface area contributed by atoms with E-state index in [9.17, 15) is 10.1 Å². The Bertz CT molecular complexity index is 451. The first-order valence-electron chi connectivity index (χ1n) is 6.05. The van der Waals surface area contributed by atoms with Gasteiger partial charge in [0.2, 0.25) is 11.6 Å². The van der Waals surface area contributed by atoms with E-state index in [-0.39, 0.29) is 17.5 Å². The third kappa shape index (κ3) is 2.49. The average molecular weight is 251 g/mol. The van der Waals surface area contributed by atoms with Gasteiger partial charge in [-0.2, -0.15) is 0 Å². The lowest BCUT2D eigenvalue weighted by atomic mass is 10.1. The van der Waals surface area contributed by atoms with Crippen LogP contribution in [0.25, 0.3) is 0 Å². The van der Waals surface area contributed by atoms with Crippen LogP contribution in [-0.2, 0) is 0 Å². The maximum atomic E-state index is 11.1. The molecule has 0 amide bonds. The molecule has 0 aliphatic heterocycles. The maximum Gasteiger partial charge on any atom is 0.353 e. The molecule has 2 unspecified atom stereocenters. The van der Waals surface area contributed by atoms with E-state index in [4.69, 9.17) is 0 Å². The summed E-state index contributed by atoms with van der Waals surface area (Å²) in [5, 5.41) is 17.0. The van der Waals surface area contributed by atoms with Crippen molar-refractivity contribution in [1.29, 1.82) is 0 Å². The highest BCUT2D eigenvalue weighted by atomic mass is 16.6. The summed E-state index contributed by atoms with van der Waals surface area (Å²) < 4.78 is 0. The second-order valence-electron chi connectivity index (χ2n) is 4.69. The summed E-state index contributed by atoms with van der Waals surface area (Å²) in [6, 6.07) is 0.262. The molecule has 1 heterocycles. The number of nitrogens with one attached hydrogen (secondary N) is 2. The zero-order valence-corrected chi connectivity index (χ0v) is 10.5. The summed E-state index contributed by atoms with van der Waals surface area (Å²) in [4.78, 5) is 18.5. The normalized spacial score (nSPS) is 22.8. The molecule has 1 saturated carbocycles. The fourth-order valence-corrected chi connectivity index (χ4v) is 2.37. The van der Waals surface area contributed by atoms with Crippen LogP contribution in [0.3, 0.4) is 0 Å². The number of nitrogens with zero attached hydrogens (tertiary/aromatic N) is 3. The van der Waals surface area contributed by atoms with Crippen LogP contribution >= 0.6 is 0 Å². The molecule has 0 bridgehead atoms. The zero-order valence-electron chi connectivity index (χ0n) is 10.5. The second kappa shape index (κ2) is 5.16. The molecule has 1 aliphatic rings. The molecule has 98 valence electrons. The fourth-order valence-electron chi connectivity index (χ4n) is 2.37. The van der Waals surface area contributed by atoms with Crippen molar-refractivity contribution >= 4 is 17.3 Å². The Morgan fingerprint density at radius 1 is 1.39 bits per heavy atom. The lowest BCUT2D eigenvalue weighted by Crippen LogP contribution is -2.18. The first kappa shape index (κ1) is 12.5. The van der Waals surface area contributed by atoms with Gasteiger partial charge in [0.05, 0.1) is 4.92 Å². The van der Waals surface area contributed by atoms with Crippen LogP contribution < -0.4 is 10.6 Å². The topological polar surface area (TPSA) is 93.0 Å². The average Bonchev–Trinajstić information content (AvgIpc) is 2.74. The van der Waals surface area contributed by atoms with Gasteiger partial charge in [-0.25, -0.2) is 9.97 Å². The predicted molar refractivity (Wildman–Crippen MR) is 68.7 cm³/mol. The molecule has 7 nitrogen and oxygen atoms in total. The minimum Gasteiger partial charge on any atom is -0.367 e. The molecule has 7 heteroatoms. The van der Waals surface area contributed by atoms with Crippen LogP contribution in [0, 0.1) is 16.0 Å². The van der Waals surface area contributed by atoms with Gasteiger partial charge in [-0.15, -0.1) is 0 Å². The molecule has 18 heavy (non-hydrogen) atoms. The Hall–Kier alpha value is -1.92. The molecule has 0 aromatic carbocycles. The van der Waals surface area contributed by atoms with Crippen molar-refractivity contribution in [3.05, 3.63) is 16.4 Å². The molecule has 1 aromatic heterocycles. The smallest absolute Gasteiger partial charge is 0.353 e. The van der Waals surface area contributed by atoms with Gasteiger partial charge in [0.15, 0.2) is 0 Å². The summed E-state index contributed by atoms with van der Waals surface area (Å²) >= 11 is 0. The maximum absolute atomic E-state index is 11.1. The Kier molecular flexibility index (Phi) is 3.59. The van der Waals surface area contributed by atoms with E-state index >= 15 is 0 Å². The number of hydrogen-bond acceptors (Lipinski definition) is 6. The lowest BCUT2D eigenvalue weighted by Gasteiger charge is -2.13. The minimum absolute atomic E-state index is 0.0837. The van der Waals surface area contributed by atoms with E-state index in [0.29, 0.717) is 11.7 Å².